The molecule has 100 valence electrons. The molecule has 1 heterocycles. The van der Waals surface area contributed by atoms with Gasteiger partial charge in [-0.3, -0.25) is 9.48 Å². The zero-order valence-corrected chi connectivity index (χ0v) is 14.1. The Labute approximate surface area is 132 Å². The van der Waals surface area contributed by atoms with Crippen molar-refractivity contribution in [2.45, 2.75) is 6.92 Å². The summed E-state index contributed by atoms with van der Waals surface area (Å²) >= 11 is 5.48. The van der Waals surface area contributed by atoms with Crippen molar-refractivity contribution < 1.29 is 4.79 Å². The smallest absolute Gasteiger partial charge is 0.257 e. The molecule has 0 atom stereocenters. The largest absolute Gasteiger partial charge is 0.394 e. The number of carbonyl (C=O) groups is 1. The van der Waals surface area contributed by atoms with Gasteiger partial charge in [-0.25, -0.2) is 0 Å². The SMILES string of the molecule is Cc1nn(C)c(NC(=O)c2cc(Br)ccc2I)c1N. The number of benzene rings is 1. The lowest BCUT2D eigenvalue weighted by Crippen LogP contribution is -2.16. The summed E-state index contributed by atoms with van der Waals surface area (Å²) in [6.07, 6.45) is 0. The third-order valence-corrected chi connectivity index (χ3v) is 4.11. The van der Waals surface area contributed by atoms with E-state index < -0.39 is 0 Å². The van der Waals surface area contributed by atoms with Crippen LogP contribution >= 0.6 is 38.5 Å². The molecule has 0 fully saturated rings. The van der Waals surface area contributed by atoms with Crippen LogP contribution in [0.4, 0.5) is 11.5 Å². The van der Waals surface area contributed by atoms with Gasteiger partial charge in [-0.15, -0.1) is 0 Å². The number of aromatic nitrogens is 2. The fourth-order valence-electron chi connectivity index (χ4n) is 1.67. The summed E-state index contributed by atoms with van der Waals surface area (Å²) in [5.41, 5.74) is 7.66. The van der Waals surface area contributed by atoms with E-state index in [1.165, 1.54) is 0 Å². The number of amides is 1. The van der Waals surface area contributed by atoms with Crippen molar-refractivity contribution in [2.75, 3.05) is 11.1 Å². The van der Waals surface area contributed by atoms with Crippen molar-refractivity contribution in [3.63, 3.8) is 0 Å². The molecule has 0 saturated heterocycles. The highest BCUT2D eigenvalue weighted by Gasteiger charge is 2.16. The Hall–Kier alpha value is -1.09. The molecule has 0 saturated carbocycles. The lowest BCUT2D eigenvalue weighted by molar-refractivity contribution is 0.102. The van der Waals surface area contributed by atoms with Gasteiger partial charge in [0.25, 0.3) is 5.91 Å². The summed E-state index contributed by atoms with van der Waals surface area (Å²) in [7, 11) is 1.74. The third-order valence-electron chi connectivity index (χ3n) is 2.67. The first kappa shape index (κ1) is 14.3. The zero-order valence-electron chi connectivity index (χ0n) is 10.4. The summed E-state index contributed by atoms with van der Waals surface area (Å²) in [6, 6.07) is 5.54. The van der Waals surface area contributed by atoms with Crippen LogP contribution in [0.2, 0.25) is 0 Å². The summed E-state index contributed by atoms with van der Waals surface area (Å²) < 4.78 is 3.29. The normalized spacial score (nSPS) is 10.5. The van der Waals surface area contributed by atoms with E-state index in [1.54, 1.807) is 24.7 Å². The quantitative estimate of drug-likeness (QED) is 0.713. The molecule has 0 radical (unpaired) electrons. The van der Waals surface area contributed by atoms with Gasteiger partial charge in [0.1, 0.15) is 0 Å². The van der Waals surface area contributed by atoms with Gasteiger partial charge >= 0.3 is 0 Å². The van der Waals surface area contributed by atoms with Crippen LogP contribution in [-0.2, 0) is 7.05 Å². The minimum Gasteiger partial charge on any atom is -0.394 e. The van der Waals surface area contributed by atoms with Gasteiger partial charge in [0.2, 0.25) is 0 Å². The molecule has 0 aliphatic heterocycles. The predicted octanol–water partition coefficient (Wildman–Crippen LogP) is 2.93. The molecule has 0 aliphatic rings. The molecular formula is C12H12BrIN4O. The van der Waals surface area contributed by atoms with Crippen LogP contribution in [0.3, 0.4) is 0 Å². The number of rotatable bonds is 2. The molecule has 0 bridgehead atoms. The molecule has 19 heavy (non-hydrogen) atoms. The molecule has 3 N–H and O–H groups in total. The summed E-state index contributed by atoms with van der Waals surface area (Å²) in [6.45, 7) is 1.80. The van der Waals surface area contributed by atoms with Crippen LogP contribution in [0.25, 0.3) is 0 Å². The van der Waals surface area contributed by atoms with E-state index in [2.05, 4.69) is 48.9 Å². The molecule has 1 aromatic heterocycles. The maximum Gasteiger partial charge on any atom is 0.257 e. The lowest BCUT2D eigenvalue weighted by atomic mass is 10.2. The molecule has 0 aliphatic carbocycles. The van der Waals surface area contributed by atoms with E-state index in [1.807, 2.05) is 12.1 Å². The number of nitrogens with two attached hydrogens (primary N) is 1. The number of halogens is 2. The Morgan fingerprint density at radius 1 is 1.53 bits per heavy atom. The van der Waals surface area contributed by atoms with Crippen LogP contribution in [0.15, 0.2) is 22.7 Å². The molecule has 7 heteroatoms. The molecule has 5 nitrogen and oxygen atoms in total. The Balaban J connectivity index is 2.33. The van der Waals surface area contributed by atoms with Crippen LogP contribution in [0.1, 0.15) is 16.1 Å². The molecule has 0 unspecified atom stereocenters. The van der Waals surface area contributed by atoms with E-state index in [0.717, 1.165) is 8.04 Å². The number of anilines is 2. The highest BCUT2D eigenvalue weighted by molar-refractivity contribution is 14.1. The van der Waals surface area contributed by atoms with Gasteiger partial charge in [0.05, 0.1) is 16.9 Å². The minimum atomic E-state index is -0.208. The Bertz CT molecular complexity index is 653. The van der Waals surface area contributed by atoms with E-state index in [0.29, 0.717) is 22.8 Å². The monoisotopic (exact) mass is 434 g/mol. The van der Waals surface area contributed by atoms with Gasteiger partial charge in [-0.1, -0.05) is 15.9 Å². The van der Waals surface area contributed by atoms with Gasteiger partial charge in [-0.05, 0) is 47.7 Å². The topological polar surface area (TPSA) is 72.9 Å². The van der Waals surface area contributed by atoms with Crippen molar-refractivity contribution in [1.82, 2.24) is 9.78 Å². The van der Waals surface area contributed by atoms with Crippen LogP contribution < -0.4 is 11.1 Å². The first-order valence-electron chi connectivity index (χ1n) is 5.45. The summed E-state index contributed by atoms with van der Waals surface area (Å²) in [5, 5.41) is 6.96. The number of carbonyl (C=O) groups excluding carboxylic acids is 1. The Morgan fingerprint density at radius 3 is 2.79 bits per heavy atom. The molecule has 1 amide bonds. The average molecular weight is 435 g/mol. The maximum atomic E-state index is 12.3. The van der Waals surface area contributed by atoms with Crippen molar-refractivity contribution in [3.8, 4) is 0 Å². The van der Waals surface area contributed by atoms with E-state index in [9.17, 15) is 4.79 Å². The van der Waals surface area contributed by atoms with Gasteiger partial charge in [-0.2, -0.15) is 5.10 Å². The van der Waals surface area contributed by atoms with E-state index >= 15 is 0 Å². The molecule has 0 spiro atoms. The predicted molar refractivity (Wildman–Crippen MR) is 87.2 cm³/mol. The number of nitrogens with one attached hydrogen (secondary N) is 1. The second-order valence-corrected chi connectivity index (χ2v) is 6.13. The highest BCUT2D eigenvalue weighted by atomic mass is 127. The molecular weight excluding hydrogens is 423 g/mol. The average Bonchev–Trinajstić information content (AvgIpc) is 2.59. The fraction of sp³-hybridized carbons (Fsp3) is 0.167. The first-order chi connectivity index (χ1) is 8.90. The number of hydrogen-bond donors (Lipinski definition) is 2. The number of nitrogens with zero attached hydrogens (tertiary/aromatic N) is 2. The van der Waals surface area contributed by atoms with Crippen molar-refractivity contribution in [2.24, 2.45) is 7.05 Å². The van der Waals surface area contributed by atoms with Gasteiger partial charge < -0.3 is 11.1 Å². The second kappa shape index (κ2) is 5.49. The number of hydrogen-bond acceptors (Lipinski definition) is 3. The summed E-state index contributed by atoms with van der Waals surface area (Å²) in [5.74, 6) is 0.304. The van der Waals surface area contributed by atoms with Gasteiger partial charge in [0, 0.05) is 15.1 Å². The number of aryl methyl sites for hydroxylation is 2. The van der Waals surface area contributed by atoms with E-state index in [-0.39, 0.29) is 5.91 Å². The van der Waals surface area contributed by atoms with Crippen molar-refractivity contribution >= 4 is 55.9 Å². The lowest BCUT2D eigenvalue weighted by Gasteiger charge is -2.08. The van der Waals surface area contributed by atoms with E-state index in [4.69, 9.17) is 5.73 Å². The Kier molecular flexibility index (Phi) is 4.14. The fourth-order valence-corrected chi connectivity index (χ4v) is 2.61. The van der Waals surface area contributed by atoms with Crippen molar-refractivity contribution in [1.29, 1.82) is 0 Å². The third kappa shape index (κ3) is 2.92. The van der Waals surface area contributed by atoms with Gasteiger partial charge in [0.15, 0.2) is 5.82 Å². The number of nitrogen functional groups attached to an aromatic ring is 1. The molecule has 2 aromatic rings. The van der Waals surface area contributed by atoms with Crippen LogP contribution in [0, 0.1) is 10.5 Å². The second-order valence-electron chi connectivity index (χ2n) is 4.05. The molecule has 2 rings (SSSR count). The highest BCUT2D eigenvalue weighted by Crippen LogP contribution is 2.24. The van der Waals surface area contributed by atoms with Crippen LogP contribution in [0.5, 0.6) is 0 Å². The summed E-state index contributed by atoms with van der Waals surface area (Å²) in [4.78, 5) is 12.3. The Morgan fingerprint density at radius 2 is 2.21 bits per heavy atom. The molecule has 1 aromatic carbocycles. The first-order valence-corrected chi connectivity index (χ1v) is 7.32. The maximum absolute atomic E-state index is 12.3. The minimum absolute atomic E-state index is 0.208. The standard InChI is InChI=1S/C12H12BrIN4O/c1-6-10(15)11(18(2)17-6)16-12(19)8-5-7(13)3-4-9(8)14/h3-5H,15H2,1-2H3,(H,16,19). The van der Waals surface area contributed by atoms with Crippen LogP contribution in [-0.4, -0.2) is 15.7 Å². The zero-order chi connectivity index (χ0) is 14.2. The van der Waals surface area contributed by atoms with Crippen molar-refractivity contribution in [3.05, 3.63) is 37.5 Å².